The summed E-state index contributed by atoms with van der Waals surface area (Å²) in [7, 11) is 0. The van der Waals surface area contributed by atoms with Gasteiger partial charge in [-0.15, -0.1) is 0 Å². The Bertz CT molecular complexity index is 611. The number of urea groups is 1. The summed E-state index contributed by atoms with van der Waals surface area (Å²) >= 11 is 0. The largest absolute Gasteiger partial charge is 0.459 e. The number of rotatable bonds is 3. The van der Waals surface area contributed by atoms with Gasteiger partial charge in [0.15, 0.2) is 0 Å². The van der Waals surface area contributed by atoms with Crippen LogP contribution in [0.4, 0.5) is 9.18 Å². The number of hydrogen-bond donors (Lipinski definition) is 2. The molecule has 1 aliphatic rings. The molecule has 6 heteroatoms. The van der Waals surface area contributed by atoms with E-state index in [2.05, 4.69) is 10.6 Å². The van der Waals surface area contributed by atoms with Crippen LogP contribution >= 0.6 is 0 Å². The van der Waals surface area contributed by atoms with Gasteiger partial charge in [-0.25, -0.2) is 14.0 Å². The molecule has 0 bridgehead atoms. The Hall–Kier alpha value is -2.37. The number of allylic oxidation sites excluding steroid dienone is 1. The van der Waals surface area contributed by atoms with Crippen molar-refractivity contribution in [1.82, 2.24) is 10.6 Å². The van der Waals surface area contributed by atoms with E-state index < -0.39 is 23.9 Å². The van der Waals surface area contributed by atoms with Gasteiger partial charge in [0.2, 0.25) is 0 Å². The molecule has 0 radical (unpaired) electrons. The molecule has 0 saturated carbocycles. The van der Waals surface area contributed by atoms with Crippen LogP contribution in [0, 0.1) is 5.82 Å². The molecular formula is C15H17FN2O3. The van der Waals surface area contributed by atoms with E-state index in [0.29, 0.717) is 5.70 Å². The molecule has 0 saturated heterocycles. The number of halogens is 1. The second-order valence-corrected chi connectivity index (χ2v) is 5.05. The molecule has 0 aliphatic carbocycles. The van der Waals surface area contributed by atoms with Crippen LogP contribution in [0.1, 0.15) is 32.4 Å². The number of hydrogen-bond acceptors (Lipinski definition) is 3. The van der Waals surface area contributed by atoms with Crippen molar-refractivity contribution in [2.75, 3.05) is 0 Å². The maximum atomic E-state index is 14.0. The van der Waals surface area contributed by atoms with E-state index in [1.165, 1.54) is 12.1 Å². The summed E-state index contributed by atoms with van der Waals surface area (Å²) < 4.78 is 19.2. The molecule has 1 aliphatic heterocycles. The van der Waals surface area contributed by atoms with Crippen molar-refractivity contribution in [1.29, 1.82) is 0 Å². The summed E-state index contributed by atoms with van der Waals surface area (Å²) in [4.78, 5) is 23.9. The van der Waals surface area contributed by atoms with Crippen LogP contribution in [0.3, 0.4) is 0 Å². The molecule has 0 spiro atoms. The highest BCUT2D eigenvalue weighted by atomic mass is 19.1. The quantitative estimate of drug-likeness (QED) is 0.841. The fraction of sp³-hybridized carbons (Fsp3) is 0.333. The summed E-state index contributed by atoms with van der Waals surface area (Å²) in [6, 6.07) is 4.65. The molecule has 2 amide bonds. The number of amides is 2. The molecule has 5 nitrogen and oxygen atoms in total. The highest BCUT2D eigenvalue weighted by Gasteiger charge is 2.33. The minimum absolute atomic E-state index is 0.202. The van der Waals surface area contributed by atoms with Crippen LogP contribution in [0.2, 0.25) is 0 Å². The molecule has 1 heterocycles. The number of nitrogens with one attached hydrogen (secondary N) is 2. The molecule has 2 rings (SSSR count). The Labute approximate surface area is 122 Å². The maximum absolute atomic E-state index is 14.0. The van der Waals surface area contributed by atoms with Gasteiger partial charge in [-0.1, -0.05) is 18.2 Å². The number of benzene rings is 1. The fourth-order valence-electron chi connectivity index (χ4n) is 2.18. The zero-order chi connectivity index (χ0) is 15.6. The molecule has 1 atom stereocenters. The lowest BCUT2D eigenvalue weighted by Crippen LogP contribution is -2.45. The predicted octanol–water partition coefficient (Wildman–Crippen LogP) is 2.41. The van der Waals surface area contributed by atoms with E-state index in [0.717, 1.165) is 0 Å². The zero-order valence-electron chi connectivity index (χ0n) is 12.1. The van der Waals surface area contributed by atoms with Gasteiger partial charge in [-0.05, 0) is 26.8 Å². The van der Waals surface area contributed by atoms with Crippen molar-refractivity contribution >= 4 is 12.0 Å². The van der Waals surface area contributed by atoms with E-state index >= 15 is 0 Å². The minimum atomic E-state index is -0.869. The molecule has 0 aromatic heterocycles. The second kappa shape index (κ2) is 5.95. The third kappa shape index (κ3) is 3.21. The molecule has 112 valence electrons. The van der Waals surface area contributed by atoms with Gasteiger partial charge >= 0.3 is 12.0 Å². The number of ether oxygens (including phenoxy) is 1. The molecular weight excluding hydrogens is 275 g/mol. The third-order valence-corrected chi connectivity index (χ3v) is 3.05. The summed E-state index contributed by atoms with van der Waals surface area (Å²) in [6.45, 7) is 5.03. The van der Waals surface area contributed by atoms with Crippen LogP contribution in [-0.2, 0) is 9.53 Å². The first kappa shape index (κ1) is 15.0. The van der Waals surface area contributed by atoms with Crippen molar-refractivity contribution in [3.05, 3.63) is 46.9 Å². The normalized spacial score (nSPS) is 18.3. The number of carbonyl (C=O) groups is 2. The monoisotopic (exact) mass is 292 g/mol. The molecule has 1 aromatic carbocycles. The first-order valence-corrected chi connectivity index (χ1v) is 6.64. The van der Waals surface area contributed by atoms with Crippen LogP contribution in [-0.4, -0.2) is 18.1 Å². The molecule has 1 aromatic rings. The predicted molar refractivity (Wildman–Crippen MR) is 74.7 cm³/mol. The van der Waals surface area contributed by atoms with Gasteiger partial charge in [0.05, 0.1) is 17.7 Å². The lowest BCUT2D eigenvalue weighted by atomic mass is 9.95. The SMILES string of the molecule is CC1=C(C(=O)OC(C)C)C(c2ccccc2F)NC(=O)N1. The first-order valence-electron chi connectivity index (χ1n) is 6.64. The second-order valence-electron chi connectivity index (χ2n) is 5.05. The van der Waals surface area contributed by atoms with Gasteiger partial charge in [0.25, 0.3) is 0 Å². The zero-order valence-corrected chi connectivity index (χ0v) is 12.1. The Balaban J connectivity index is 2.46. The number of carbonyl (C=O) groups excluding carboxylic acids is 2. The number of esters is 1. The van der Waals surface area contributed by atoms with Crippen molar-refractivity contribution in [3.63, 3.8) is 0 Å². The molecule has 1 unspecified atom stereocenters. The van der Waals surface area contributed by atoms with Crippen LogP contribution in [0.25, 0.3) is 0 Å². The first-order chi connectivity index (χ1) is 9.90. The van der Waals surface area contributed by atoms with Gasteiger partial charge in [0, 0.05) is 11.3 Å². The summed E-state index contributed by atoms with van der Waals surface area (Å²) in [5.74, 6) is -1.07. The molecule has 2 N–H and O–H groups in total. The van der Waals surface area contributed by atoms with Gasteiger partial charge < -0.3 is 15.4 Å². The summed E-state index contributed by atoms with van der Waals surface area (Å²) in [6.07, 6.45) is -0.309. The fourth-order valence-corrected chi connectivity index (χ4v) is 2.18. The van der Waals surface area contributed by atoms with Gasteiger partial charge in [0.1, 0.15) is 5.82 Å². The average Bonchev–Trinajstić information content (AvgIpc) is 2.37. The van der Waals surface area contributed by atoms with E-state index in [1.807, 2.05) is 0 Å². The van der Waals surface area contributed by atoms with E-state index in [-0.39, 0.29) is 17.2 Å². The topological polar surface area (TPSA) is 67.4 Å². The third-order valence-electron chi connectivity index (χ3n) is 3.05. The summed E-state index contributed by atoms with van der Waals surface area (Å²) in [5.41, 5.74) is 0.786. The van der Waals surface area contributed by atoms with E-state index in [1.54, 1.807) is 32.9 Å². The van der Waals surface area contributed by atoms with Crippen molar-refractivity contribution < 1.29 is 18.7 Å². The van der Waals surface area contributed by atoms with Crippen molar-refractivity contribution in [2.24, 2.45) is 0 Å². The van der Waals surface area contributed by atoms with Gasteiger partial charge in [-0.2, -0.15) is 0 Å². The Morgan fingerprint density at radius 2 is 2.00 bits per heavy atom. The van der Waals surface area contributed by atoms with Crippen LogP contribution in [0.15, 0.2) is 35.5 Å². The Kier molecular flexibility index (Phi) is 4.26. The standard InChI is InChI=1S/C15H17FN2O3/c1-8(2)21-14(19)12-9(3)17-15(20)18-13(12)10-6-4-5-7-11(10)16/h4-8,13H,1-3H3,(H2,17,18,20). The van der Waals surface area contributed by atoms with Crippen LogP contribution < -0.4 is 10.6 Å². The van der Waals surface area contributed by atoms with Gasteiger partial charge in [-0.3, -0.25) is 0 Å². The van der Waals surface area contributed by atoms with Crippen molar-refractivity contribution in [2.45, 2.75) is 32.9 Å². The highest BCUT2D eigenvalue weighted by Crippen LogP contribution is 2.29. The van der Waals surface area contributed by atoms with E-state index in [9.17, 15) is 14.0 Å². The smallest absolute Gasteiger partial charge is 0.338 e. The lowest BCUT2D eigenvalue weighted by molar-refractivity contribution is -0.143. The highest BCUT2D eigenvalue weighted by molar-refractivity contribution is 5.95. The van der Waals surface area contributed by atoms with Crippen LogP contribution in [0.5, 0.6) is 0 Å². The van der Waals surface area contributed by atoms with E-state index in [4.69, 9.17) is 4.74 Å². The lowest BCUT2D eigenvalue weighted by Gasteiger charge is -2.28. The van der Waals surface area contributed by atoms with Crippen molar-refractivity contribution in [3.8, 4) is 0 Å². The molecule has 21 heavy (non-hydrogen) atoms. The summed E-state index contributed by atoms with van der Waals surface area (Å²) in [5, 5.41) is 5.07. The maximum Gasteiger partial charge on any atom is 0.338 e. The molecule has 0 fully saturated rings. The Morgan fingerprint density at radius 3 is 2.62 bits per heavy atom. The average molecular weight is 292 g/mol. The Morgan fingerprint density at radius 1 is 1.33 bits per heavy atom. The minimum Gasteiger partial charge on any atom is -0.459 e.